The molecule has 0 radical (unpaired) electrons. The van der Waals surface area contributed by atoms with Gasteiger partial charge >= 0.3 is 0 Å². The minimum Gasteiger partial charge on any atom is -0.507 e. The van der Waals surface area contributed by atoms with Gasteiger partial charge in [-0.1, -0.05) is 49.1 Å². The van der Waals surface area contributed by atoms with Crippen LogP contribution < -0.4 is 0 Å². The van der Waals surface area contributed by atoms with Crippen molar-refractivity contribution in [2.24, 2.45) is 0 Å². The molecule has 2 aromatic rings. The molecule has 0 saturated carbocycles. The normalized spacial score (nSPS) is 13.4. The fourth-order valence-electron chi connectivity index (χ4n) is 3.55. The number of allylic oxidation sites excluding steroid dienone is 1. The lowest BCUT2D eigenvalue weighted by molar-refractivity contribution is 0.191. The van der Waals surface area contributed by atoms with Gasteiger partial charge in [0, 0.05) is 7.11 Å². The van der Waals surface area contributed by atoms with Gasteiger partial charge in [0.15, 0.2) is 0 Å². The van der Waals surface area contributed by atoms with Crippen LogP contribution in [0.1, 0.15) is 35.1 Å². The first kappa shape index (κ1) is 23.6. The number of aryl methyl sites for hydroxylation is 2. The third-order valence-electron chi connectivity index (χ3n) is 5.08. The van der Waals surface area contributed by atoms with Crippen LogP contribution in [0, 0.1) is 13.8 Å². The Morgan fingerprint density at radius 1 is 1.13 bits per heavy atom. The number of hydrogen-bond acceptors (Lipinski definition) is 4. The molecule has 4 heteroatoms. The summed E-state index contributed by atoms with van der Waals surface area (Å²) >= 11 is 0. The highest BCUT2D eigenvalue weighted by atomic mass is 16.5. The standard InChI is InChI=1S/C26H32O4/c1-18-14-21(15-19(2)26(18)29)16-23(22-8-6-5-7-9-22)10-11-25(28)24(12-13-27)20(3)17-30-4/h5-9,12,14-16,25,27-29H,3,10-11,13,17H2,1-2,4H3/b23-16-,24-12-. The van der Waals surface area contributed by atoms with E-state index in [-0.39, 0.29) is 6.61 Å². The average Bonchev–Trinajstić information content (AvgIpc) is 2.73. The molecule has 2 aromatic carbocycles. The maximum absolute atomic E-state index is 10.8. The predicted molar refractivity (Wildman–Crippen MR) is 123 cm³/mol. The molecular weight excluding hydrogens is 376 g/mol. The molecule has 0 saturated heterocycles. The van der Waals surface area contributed by atoms with Gasteiger partial charge in [-0.2, -0.15) is 0 Å². The number of benzene rings is 2. The molecule has 1 unspecified atom stereocenters. The Hall–Kier alpha value is -2.66. The third kappa shape index (κ3) is 6.42. The Morgan fingerprint density at radius 3 is 2.33 bits per heavy atom. The smallest absolute Gasteiger partial charge is 0.121 e. The summed E-state index contributed by atoms with van der Waals surface area (Å²) in [5.41, 5.74) is 6.11. The maximum Gasteiger partial charge on any atom is 0.121 e. The molecule has 2 rings (SSSR count). The van der Waals surface area contributed by atoms with E-state index in [9.17, 15) is 15.3 Å². The Labute approximate surface area is 179 Å². The van der Waals surface area contributed by atoms with Crippen LogP contribution in [0.4, 0.5) is 0 Å². The minimum atomic E-state index is -0.754. The summed E-state index contributed by atoms with van der Waals surface area (Å²) in [6.07, 6.45) is 4.04. The Bertz CT molecular complexity index is 887. The molecule has 1 atom stereocenters. The van der Waals surface area contributed by atoms with E-state index in [4.69, 9.17) is 4.74 Å². The number of aromatic hydroxyl groups is 1. The van der Waals surface area contributed by atoms with Crippen molar-refractivity contribution in [2.45, 2.75) is 32.8 Å². The second-order valence-corrected chi connectivity index (χ2v) is 7.47. The van der Waals surface area contributed by atoms with Crippen molar-refractivity contribution in [2.75, 3.05) is 20.3 Å². The number of methoxy groups -OCH3 is 1. The first-order valence-electron chi connectivity index (χ1n) is 10.1. The van der Waals surface area contributed by atoms with E-state index in [0.29, 0.717) is 36.3 Å². The molecule has 0 spiro atoms. The molecule has 4 nitrogen and oxygen atoms in total. The first-order valence-corrected chi connectivity index (χ1v) is 10.1. The van der Waals surface area contributed by atoms with Crippen LogP contribution in [0.25, 0.3) is 11.6 Å². The number of rotatable bonds is 10. The largest absolute Gasteiger partial charge is 0.507 e. The monoisotopic (exact) mass is 408 g/mol. The summed E-state index contributed by atoms with van der Waals surface area (Å²) in [5, 5.41) is 30.2. The van der Waals surface area contributed by atoms with Crippen LogP contribution in [-0.4, -0.2) is 41.7 Å². The van der Waals surface area contributed by atoms with Gasteiger partial charge < -0.3 is 20.1 Å². The van der Waals surface area contributed by atoms with Crippen molar-refractivity contribution in [1.29, 1.82) is 0 Å². The quantitative estimate of drug-likeness (QED) is 0.390. The van der Waals surface area contributed by atoms with Gasteiger partial charge in [0.25, 0.3) is 0 Å². The van der Waals surface area contributed by atoms with Crippen molar-refractivity contribution < 1.29 is 20.1 Å². The van der Waals surface area contributed by atoms with Crippen molar-refractivity contribution >= 4 is 11.6 Å². The molecule has 0 fully saturated rings. The zero-order valence-electron chi connectivity index (χ0n) is 18.1. The summed E-state index contributed by atoms with van der Waals surface area (Å²) < 4.78 is 5.12. The molecule has 0 aliphatic heterocycles. The van der Waals surface area contributed by atoms with Crippen LogP contribution >= 0.6 is 0 Å². The van der Waals surface area contributed by atoms with Crippen LogP contribution in [0.3, 0.4) is 0 Å². The van der Waals surface area contributed by atoms with Crippen LogP contribution in [0.15, 0.2) is 66.3 Å². The molecule has 0 heterocycles. The molecule has 0 amide bonds. The molecule has 160 valence electrons. The Kier molecular flexibility index (Phi) is 9.06. The fourth-order valence-corrected chi connectivity index (χ4v) is 3.55. The van der Waals surface area contributed by atoms with Crippen molar-refractivity contribution in [3.05, 3.63) is 88.5 Å². The highest BCUT2D eigenvalue weighted by Gasteiger charge is 2.15. The Morgan fingerprint density at radius 2 is 1.77 bits per heavy atom. The van der Waals surface area contributed by atoms with Gasteiger partial charge in [-0.3, -0.25) is 0 Å². The lowest BCUT2D eigenvalue weighted by Gasteiger charge is -2.18. The van der Waals surface area contributed by atoms with Crippen molar-refractivity contribution in [3.63, 3.8) is 0 Å². The minimum absolute atomic E-state index is 0.164. The van der Waals surface area contributed by atoms with E-state index >= 15 is 0 Å². The van der Waals surface area contributed by atoms with Crippen molar-refractivity contribution in [1.82, 2.24) is 0 Å². The molecule has 3 N–H and O–H groups in total. The average molecular weight is 409 g/mol. The van der Waals surface area contributed by atoms with Crippen LogP contribution in [0.2, 0.25) is 0 Å². The molecule has 0 aromatic heterocycles. The van der Waals surface area contributed by atoms with Gasteiger partial charge in [0.05, 0.1) is 19.3 Å². The maximum atomic E-state index is 10.8. The van der Waals surface area contributed by atoms with Gasteiger partial charge in [0.2, 0.25) is 0 Å². The van der Waals surface area contributed by atoms with E-state index in [1.165, 1.54) is 0 Å². The summed E-state index contributed by atoms with van der Waals surface area (Å²) in [6.45, 7) is 7.88. The summed E-state index contributed by atoms with van der Waals surface area (Å²) in [5.74, 6) is 0.319. The van der Waals surface area contributed by atoms with E-state index in [0.717, 1.165) is 27.8 Å². The summed E-state index contributed by atoms with van der Waals surface area (Å²) in [7, 11) is 1.58. The number of hydrogen-bond donors (Lipinski definition) is 3. The SMILES string of the molecule is C=C(COC)/C(=C/CO)C(O)CC/C(=C/c1cc(C)c(O)c(C)c1)c1ccccc1. The second-order valence-electron chi connectivity index (χ2n) is 7.47. The highest BCUT2D eigenvalue weighted by molar-refractivity contribution is 5.82. The third-order valence-corrected chi connectivity index (χ3v) is 5.08. The van der Waals surface area contributed by atoms with Gasteiger partial charge in [-0.15, -0.1) is 0 Å². The van der Waals surface area contributed by atoms with Gasteiger partial charge in [-0.05, 0) is 77.8 Å². The summed E-state index contributed by atoms with van der Waals surface area (Å²) in [6, 6.07) is 14.0. The Balaban J connectivity index is 2.31. The number of phenolic OH excluding ortho intramolecular Hbond substituents is 1. The van der Waals surface area contributed by atoms with Crippen LogP contribution in [0.5, 0.6) is 5.75 Å². The van der Waals surface area contributed by atoms with E-state index < -0.39 is 6.10 Å². The van der Waals surface area contributed by atoms with Crippen molar-refractivity contribution in [3.8, 4) is 5.75 Å². The number of ether oxygens (including phenoxy) is 1. The molecular formula is C26H32O4. The lowest BCUT2D eigenvalue weighted by atomic mass is 9.92. The van der Waals surface area contributed by atoms with E-state index in [2.05, 4.69) is 12.7 Å². The van der Waals surface area contributed by atoms with Gasteiger partial charge in [0.1, 0.15) is 5.75 Å². The number of phenols is 1. The molecule has 0 bridgehead atoms. The molecule has 0 aliphatic carbocycles. The van der Waals surface area contributed by atoms with Crippen LogP contribution in [-0.2, 0) is 4.74 Å². The zero-order chi connectivity index (χ0) is 22.1. The summed E-state index contributed by atoms with van der Waals surface area (Å²) in [4.78, 5) is 0. The van der Waals surface area contributed by atoms with E-state index in [1.54, 1.807) is 13.2 Å². The zero-order valence-corrected chi connectivity index (χ0v) is 18.1. The predicted octanol–water partition coefficient (Wildman–Crippen LogP) is 4.81. The molecule has 0 aliphatic rings. The number of aliphatic hydroxyl groups excluding tert-OH is 2. The fraction of sp³-hybridized carbons (Fsp3) is 0.308. The lowest BCUT2D eigenvalue weighted by Crippen LogP contribution is -2.15. The van der Waals surface area contributed by atoms with Gasteiger partial charge in [-0.25, -0.2) is 0 Å². The topological polar surface area (TPSA) is 69.9 Å². The first-order chi connectivity index (χ1) is 14.4. The van der Waals surface area contributed by atoms with E-state index in [1.807, 2.05) is 56.3 Å². The number of aliphatic hydroxyl groups is 2. The molecule has 30 heavy (non-hydrogen) atoms. The second kappa shape index (κ2) is 11.5. The highest BCUT2D eigenvalue weighted by Crippen LogP contribution is 2.29.